The summed E-state index contributed by atoms with van der Waals surface area (Å²) in [5.41, 5.74) is -0.694. The van der Waals surface area contributed by atoms with Gasteiger partial charge in [0.05, 0.1) is 5.56 Å². The van der Waals surface area contributed by atoms with Crippen molar-refractivity contribution in [3.8, 4) is 0 Å². The van der Waals surface area contributed by atoms with Gasteiger partial charge in [-0.3, -0.25) is 4.79 Å². The molecule has 1 heterocycles. The summed E-state index contributed by atoms with van der Waals surface area (Å²) < 4.78 is 39.3. The van der Waals surface area contributed by atoms with E-state index in [0.29, 0.717) is 19.4 Å². The van der Waals surface area contributed by atoms with Crippen LogP contribution in [0.25, 0.3) is 0 Å². The molecule has 132 valence electrons. The first-order chi connectivity index (χ1) is 11.2. The SMILES string of the molecule is CC(CC(=O)N1CCCCC1C(=O)O)c1ccccc1C(F)(F)F. The number of nitrogens with zero attached hydrogens (tertiary/aromatic N) is 1. The number of carbonyl (C=O) groups excluding carboxylic acids is 1. The fourth-order valence-corrected chi connectivity index (χ4v) is 3.16. The van der Waals surface area contributed by atoms with Crippen LogP contribution in [0.15, 0.2) is 24.3 Å². The smallest absolute Gasteiger partial charge is 0.416 e. The van der Waals surface area contributed by atoms with E-state index in [1.807, 2.05) is 0 Å². The Morgan fingerprint density at radius 3 is 2.58 bits per heavy atom. The number of likely N-dealkylation sites (tertiary alicyclic amines) is 1. The molecule has 1 aromatic rings. The van der Waals surface area contributed by atoms with Crippen LogP contribution in [0.4, 0.5) is 13.2 Å². The molecule has 1 N–H and O–H groups in total. The molecule has 0 spiro atoms. The maximum absolute atomic E-state index is 13.1. The van der Waals surface area contributed by atoms with Gasteiger partial charge in [0.15, 0.2) is 0 Å². The molecule has 4 nitrogen and oxygen atoms in total. The molecule has 1 aliphatic rings. The van der Waals surface area contributed by atoms with Crippen molar-refractivity contribution in [1.29, 1.82) is 0 Å². The quantitative estimate of drug-likeness (QED) is 0.908. The van der Waals surface area contributed by atoms with Crippen LogP contribution in [0.3, 0.4) is 0 Å². The van der Waals surface area contributed by atoms with Crippen molar-refractivity contribution < 1.29 is 27.9 Å². The fourth-order valence-electron chi connectivity index (χ4n) is 3.16. The van der Waals surface area contributed by atoms with E-state index >= 15 is 0 Å². The highest BCUT2D eigenvalue weighted by Gasteiger charge is 2.36. The van der Waals surface area contributed by atoms with Gasteiger partial charge in [-0.2, -0.15) is 13.2 Å². The Hall–Kier alpha value is -2.05. The third kappa shape index (κ3) is 4.07. The molecule has 1 aliphatic heterocycles. The highest BCUT2D eigenvalue weighted by Crippen LogP contribution is 2.36. The molecule has 0 aliphatic carbocycles. The van der Waals surface area contributed by atoms with E-state index in [0.717, 1.165) is 12.5 Å². The predicted octanol–water partition coefficient (Wildman–Crippen LogP) is 3.66. The molecule has 0 radical (unpaired) electrons. The van der Waals surface area contributed by atoms with Gasteiger partial charge in [0.25, 0.3) is 0 Å². The number of aliphatic carboxylic acids is 1. The molecule has 1 amide bonds. The van der Waals surface area contributed by atoms with Gasteiger partial charge in [-0.15, -0.1) is 0 Å². The standard InChI is InChI=1S/C17H20F3NO3/c1-11(12-6-2-3-7-13(12)17(18,19)20)10-15(22)21-9-5-4-8-14(21)16(23)24/h2-3,6-7,11,14H,4-5,8-10H2,1H3,(H,23,24). The van der Waals surface area contributed by atoms with Crippen molar-refractivity contribution >= 4 is 11.9 Å². The Balaban J connectivity index is 2.16. The zero-order chi connectivity index (χ0) is 17.9. The van der Waals surface area contributed by atoms with Crippen LogP contribution in [0.5, 0.6) is 0 Å². The van der Waals surface area contributed by atoms with Crippen LogP contribution in [0.1, 0.15) is 49.7 Å². The van der Waals surface area contributed by atoms with Crippen LogP contribution in [0, 0.1) is 0 Å². The molecule has 2 rings (SSSR count). The predicted molar refractivity (Wildman–Crippen MR) is 81.5 cm³/mol. The number of alkyl halides is 3. The lowest BCUT2D eigenvalue weighted by Gasteiger charge is -2.33. The van der Waals surface area contributed by atoms with Gasteiger partial charge in [-0.25, -0.2) is 4.79 Å². The third-order valence-electron chi connectivity index (χ3n) is 4.39. The third-order valence-corrected chi connectivity index (χ3v) is 4.39. The van der Waals surface area contributed by atoms with Gasteiger partial charge >= 0.3 is 12.1 Å². The van der Waals surface area contributed by atoms with Gasteiger partial charge in [-0.1, -0.05) is 25.1 Å². The first-order valence-electron chi connectivity index (χ1n) is 7.90. The molecule has 0 saturated carbocycles. The average Bonchev–Trinajstić information content (AvgIpc) is 2.53. The minimum Gasteiger partial charge on any atom is -0.480 e. The molecular formula is C17H20F3NO3. The van der Waals surface area contributed by atoms with E-state index < -0.39 is 35.6 Å². The molecule has 0 bridgehead atoms. The highest BCUT2D eigenvalue weighted by atomic mass is 19.4. The zero-order valence-corrected chi connectivity index (χ0v) is 13.3. The molecule has 1 aromatic carbocycles. The molecule has 2 unspecified atom stereocenters. The highest BCUT2D eigenvalue weighted by molar-refractivity contribution is 5.84. The van der Waals surface area contributed by atoms with Crippen molar-refractivity contribution in [2.75, 3.05) is 6.54 Å². The van der Waals surface area contributed by atoms with E-state index in [1.165, 1.54) is 23.1 Å². The van der Waals surface area contributed by atoms with Gasteiger partial charge < -0.3 is 10.0 Å². The Kier molecular flexibility index (Phi) is 5.51. The van der Waals surface area contributed by atoms with Crippen molar-refractivity contribution in [1.82, 2.24) is 4.90 Å². The van der Waals surface area contributed by atoms with Crippen LogP contribution in [-0.4, -0.2) is 34.5 Å². The number of piperidine rings is 1. The molecule has 1 saturated heterocycles. The van der Waals surface area contributed by atoms with E-state index in [9.17, 15) is 27.9 Å². The summed E-state index contributed by atoms with van der Waals surface area (Å²) >= 11 is 0. The van der Waals surface area contributed by atoms with Crippen LogP contribution in [-0.2, 0) is 15.8 Å². The molecule has 1 fully saturated rings. The van der Waals surface area contributed by atoms with Gasteiger partial charge in [0.2, 0.25) is 5.91 Å². The number of benzene rings is 1. The second-order valence-corrected chi connectivity index (χ2v) is 6.13. The molecule has 7 heteroatoms. The first-order valence-corrected chi connectivity index (χ1v) is 7.90. The minimum absolute atomic E-state index is 0.0576. The summed E-state index contributed by atoms with van der Waals surface area (Å²) in [4.78, 5) is 25.0. The summed E-state index contributed by atoms with van der Waals surface area (Å²) in [6.45, 7) is 1.89. The van der Waals surface area contributed by atoms with Crippen molar-refractivity contribution in [3.05, 3.63) is 35.4 Å². The maximum Gasteiger partial charge on any atom is 0.416 e. The number of hydrogen-bond acceptors (Lipinski definition) is 2. The molecule has 2 atom stereocenters. The summed E-state index contributed by atoms with van der Waals surface area (Å²) in [5.74, 6) is -2.12. The zero-order valence-electron chi connectivity index (χ0n) is 13.3. The van der Waals surface area contributed by atoms with Crippen molar-refractivity contribution in [2.24, 2.45) is 0 Å². The van der Waals surface area contributed by atoms with E-state index in [-0.39, 0.29) is 12.0 Å². The molecule has 0 aromatic heterocycles. The molecule has 24 heavy (non-hydrogen) atoms. The second kappa shape index (κ2) is 7.23. The average molecular weight is 343 g/mol. The number of hydrogen-bond donors (Lipinski definition) is 1. The van der Waals surface area contributed by atoms with Crippen molar-refractivity contribution in [3.63, 3.8) is 0 Å². The minimum atomic E-state index is -4.48. The number of carboxylic acid groups (broad SMARTS) is 1. The Morgan fingerprint density at radius 1 is 1.29 bits per heavy atom. The Morgan fingerprint density at radius 2 is 1.96 bits per heavy atom. The lowest BCUT2D eigenvalue weighted by molar-refractivity contribution is -0.152. The number of amides is 1. The monoisotopic (exact) mass is 343 g/mol. The lowest BCUT2D eigenvalue weighted by atomic mass is 9.91. The number of carbonyl (C=O) groups is 2. The largest absolute Gasteiger partial charge is 0.480 e. The van der Waals surface area contributed by atoms with E-state index in [4.69, 9.17) is 0 Å². The van der Waals surface area contributed by atoms with Crippen LogP contribution in [0.2, 0.25) is 0 Å². The maximum atomic E-state index is 13.1. The van der Waals surface area contributed by atoms with Gasteiger partial charge in [0, 0.05) is 13.0 Å². The Labute approximate surface area is 138 Å². The van der Waals surface area contributed by atoms with Gasteiger partial charge in [0.1, 0.15) is 6.04 Å². The van der Waals surface area contributed by atoms with Crippen molar-refractivity contribution in [2.45, 2.75) is 50.7 Å². The first kappa shape index (κ1) is 18.3. The van der Waals surface area contributed by atoms with E-state index in [2.05, 4.69) is 0 Å². The summed E-state index contributed by atoms with van der Waals surface area (Å²) in [6, 6.07) is 4.30. The number of rotatable bonds is 4. The van der Waals surface area contributed by atoms with E-state index in [1.54, 1.807) is 6.92 Å². The number of halogens is 3. The summed E-state index contributed by atoms with van der Waals surface area (Å²) in [5, 5.41) is 9.22. The molecular weight excluding hydrogens is 323 g/mol. The topological polar surface area (TPSA) is 57.6 Å². The Bertz CT molecular complexity index is 615. The number of carboxylic acids is 1. The lowest BCUT2D eigenvalue weighted by Crippen LogP contribution is -2.48. The van der Waals surface area contributed by atoms with Crippen LogP contribution < -0.4 is 0 Å². The second-order valence-electron chi connectivity index (χ2n) is 6.13. The summed E-state index contributed by atoms with van der Waals surface area (Å²) in [6.07, 6.45) is -2.80. The fraction of sp³-hybridized carbons (Fsp3) is 0.529. The normalized spacial score (nSPS) is 19.8. The summed E-state index contributed by atoms with van der Waals surface area (Å²) in [7, 11) is 0. The van der Waals surface area contributed by atoms with Crippen LogP contribution >= 0.6 is 0 Å². The van der Waals surface area contributed by atoms with Gasteiger partial charge in [-0.05, 0) is 36.8 Å².